The summed E-state index contributed by atoms with van der Waals surface area (Å²) in [5, 5.41) is 0. The zero-order chi connectivity index (χ0) is 10.7. The molecule has 3 heteroatoms. The molecule has 79 valence electrons. The lowest BCUT2D eigenvalue weighted by atomic mass is 10.1. The molecule has 2 rings (SSSR count). The quantitative estimate of drug-likeness (QED) is 0.778. The lowest BCUT2D eigenvalue weighted by Crippen LogP contribution is -1.93. The monoisotopic (exact) mass is 204 g/mol. The Morgan fingerprint density at radius 1 is 1.33 bits per heavy atom. The molecule has 1 aromatic carbocycles. The summed E-state index contributed by atoms with van der Waals surface area (Å²) in [7, 11) is 0. The molecular formula is C12H14NO2. The van der Waals surface area contributed by atoms with E-state index in [1.807, 2.05) is 18.2 Å². The van der Waals surface area contributed by atoms with Crippen molar-refractivity contribution in [1.82, 2.24) is 4.98 Å². The van der Waals surface area contributed by atoms with Gasteiger partial charge in [-0.05, 0) is 30.5 Å². The molecule has 0 atom stereocenters. The third kappa shape index (κ3) is 2.29. The molecule has 0 saturated heterocycles. The maximum absolute atomic E-state index is 10.9. The molecule has 0 fully saturated rings. The Morgan fingerprint density at radius 2 is 2.20 bits per heavy atom. The van der Waals surface area contributed by atoms with Crippen molar-refractivity contribution in [2.75, 3.05) is 0 Å². The number of hydrogen-bond donors (Lipinski definition) is 1. The standard InChI is InChI=1S/C12H14NO2/c1-2-3-4-5-9-6-7-11-10(8-9)13-12(14)15-11/h6-8H,1-5H2,(H,13,14). The molecule has 0 aliphatic rings. The Hall–Kier alpha value is -1.51. The molecule has 2 aromatic rings. The number of nitrogens with one attached hydrogen (secondary N) is 1. The second-order valence-corrected chi connectivity index (χ2v) is 3.66. The van der Waals surface area contributed by atoms with Crippen molar-refractivity contribution in [3.05, 3.63) is 41.2 Å². The molecule has 0 aliphatic carbocycles. The minimum absolute atomic E-state index is 0.389. The van der Waals surface area contributed by atoms with E-state index in [1.165, 1.54) is 5.56 Å². The van der Waals surface area contributed by atoms with Gasteiger partial charge in [0.25, 0.3) is 0 Å². The third-order valence-corrected chi connectivity index (χ3v) is 2.45. The Bertz CT molecular complexity index is 496. The van der Waals surface area contributed by atoms with Crippen LogP contribution in [0.1, 0.15) is 24.8 Å². The summed E-state index contributed by atoms with van der Waals surface area (Å²) < 4.78 is 4.93. The van der Waals surface area contributed by atoms with E-state index >= 15 is 0 Å². The number of hydrogen-bond acceptors (Lipinski definition) is 2. The number of unbranched alkanes of at least 4 members (excludes halogenated alkanes) is 2. The number of oxazole rings is 1. The van der Waals surface area contributed by atoms with Crippen LogP contribution in [-0.2, 0) is 6.42 Å². The fourth-order valence-corrected chi connectivity index (χ4v) is 1.66. The van der Waals surface area contributed by atoms with Gasteiger partial charge in [-0.3, -0.25) is 4.98 Å². The summed E-state index contributed by atoms with van der Waals surface area (Å²) in [5.74, 6) is -0.389. The minimum Gasteiger partial charge on any atom is -0.408 e. The third-order valence-electron chi connectivity index (χ3n) is 2.45. The van der Waals surface area contributed by atoms with Crippen molar-refractivity contribution in [2.24, 2.45) is 0 Å². The SMILES string of the molecule is [CH2]CCCCc1ccc2oc(=O)[nH]c2c1. The van der Waals surface area contributed by atoms with E-state index in [0.717, 1.165) is 31.2 Å². The second-order valence-electron chi connectivity index (χ2n) is 3.66. The molecule has 1 N–H and O–H groups in total. The van der Waals surface area contributed by atoms with E-state index < -0.39 is 0 Å². The number of benzene rings is 1. The highest BCUT2D eigenvalue weighted by Crippen LogP contribution is 2.14. The van der Waals surface area contributed by atoms with Gasteiger partial charge in [0.1, 0.15) is 0 Å². The first kappa shape index (κ1) is 10.0. The van der Waals surface area contributed by atoms with Gasteiger partial charge in [-0.1, -0.05) is 25.8 Å². The topological polar surface area (TPSA) is 46.0 Å². The zero-order valence-corrected chi connectivity index (χ0v) is 8.58. The predicted molar refractivity (Wildman–Crippen MR) is 59.7 cm³/mol. The van der Waals surface area contributed by atoms with Gasteiger partial charge in [0, 0.05) is 0 Å². The van der Waals surface area contributed by atoms with Crippen LogP contribution in [0.25, 0.3) is 11.1 Å². The highest BCUT2D eigenvalue weighted by Gasteiger charge is 2.01. The van der Waals surface area contributed by atoms with E-state index in [-0.39, 0.29) is 5.76 Å². The molecule has 0 bridgehead atoms. The smallest absolute Gasteiger partial charge is 0.408 e. The predicted octanol–water partition coefficient (Wildman–Crippen LogP) is 2.67. The fourth-order valence-electron chi connectivity index (χ4n) is 1.66. The normalized spacial score (nSPS) is 11.0. The van der Waals surface area contributed by atoms with Crippen LogP contribution in [0, 0.1) is 6.92 Å². The van der Waals surface area contributed by atoms with Gasteiger partial charge in [0.15, 0.2) is 5.58 Å². The highest BCUT2D eigenvalue weighted by atomic mass is 16.4. The number of rotatable bonds is 4. The van der Waals surface area contributed by atoms with E-state index in [9.17, 15) is 4.79 Å². The second kappa shape index (κ2) is 4.34. The van der Waals surface area contributed by atoms with Gasteiger partial charge in [-0.25, -0.2) is 4.79 Å². The molecule has 0 aliphatic heterocycles. The summed E-state index contributed by atoms with van der Waals surface area (Å²) in [6.45, 7) is 3.81. The largest absolute Gasteiger partial charge is 0.417 e. The lowest BCUT2D eigenvalue weighted by molar-refractivity contribution is 0.555. The van der Waals surface area contributed by atoms with Crippen molar-refractivity contribution in [3.63, 3.8) is 0 Å². The van der Waals surface area contributed by atoms with Crippen LogP contribution in [0.15, 0.2) is 27.4 Å². The summed E-state index contributed by atoms with van der Waals surface area (Å²) in [6.07, 6.45) is 4.28. The number of aryl methyl sites for hydroxylation is 1. The van der Waals surface area contributed by atoms with E-state index in [0.29, 0.717) is 5.58 Å². The molecule has 0 saturated carbocycles. The van der Waals surface area contributed by atoms with Crippen LogP contribution in [0.5, 0.6) is 0 Å². The molecular weight excluding hydrogens is 190 g/mol. The van der Waals surface area contributed by atoms with Crippen molar-refractivity contribution >= 4 is 11.1 Å². The maximum atomic E-state index is 10.9. The Labute approximate surface area is 88.1 Å². The van der Waals surface area contributed by atoms with Crippen molar-refractivity contribution < 1.29 is 4.42 Å². The summed E-state index contributed by atoms with van der Waals surface area (Å²) in [4.78, 5) is 13.6. The van der Waals surface area contributed by atoms with Crippen LogP contribution in [0.4, 0.5) is 0 Å². The van der Waals surface area contributed by atoms with Gasteiger partial charge in [-0.2, -0.15) is 0 Å². The van der Waals surface area contributed by atoms with Crippen molar-refractivity contribution in [3.8, 4) is 0 Å². The first-order chi connectivity index (χ1) is 7.29. The van der Waals surface area contributed by atoms with Crippen LogP contribution in [0.3, 0.4) is 0 Å². The first-order valence-electron chi connectivity index (χ1n) is 5.20. The first-order valence-corrected chi connectivity index (χ1v) is 5.20. The van der Waals surface area contributed by atoms with Crippen molar-refractivity contribution in [1.29, 1.82) is 0 Å². The minimum atomic E-state index is -0.389. The molecule has 0 amide bonds. The Balaban J connectivity index is 2.19. The molecule has 0 unspecified atom stereocenters. The molecule has 0 spiro atoms. The summed E-state index contributed by atoms with van der Waals surface area (Å²) in [5.41, 5.74) is 2.64. The zero-order valence-electron chi connectivity index (χ0n) is 8.58. The van der Waals surface area contributed by atoms with E-state index in [2.05, 4.69) is 11.9 Å². The number of aromatic nitrogens is 1. The molecule has 3 nitrogen and oxygen atoms in total. The molecule has 1 radical (unpaired) electrons. The van der Waals surface area contributed by atoms with Gasteiger partial charge in [-0.15, -0.1) is 0 Å². The average Bonchev–Trinajstić information content (AvgIpc) is 2.57. The van der Waals surface area contributed by atoms with E-state index in [1.54, 1.807) is 0 Å². The summed E-state index contributed by atoms with van der Waals surface area (Å²) >= 11 is 0. The van der Waals surface area contributed by atoms with E-state index in [4.69, 9.17) is 4.42 Å². The number of aromatic amines is 1. The van der Waals surface area contributed by atoms with Crippen LogP contribution in [0.2, 0.25) is 0 Å². The number of H-pyrrole nitrogens is 1. The van der Waals surface area contributed by atoms with Crippen LogP contribution < -0.4 is 5.76 Å². The number of fused-ring (bicyclic) bond motifs is 1. The fraction of sp³-hybridized carbons (Fsp3) is 0.333. The maximum Gasteiger partial charge on any atom is 0.417 e. The van der Waals surface area contributed by atoms with Gasteiger partial charge < -0.3 is 4.42 Å². The summed E-state index contributed by atoms with van der Waals surface area (Å²) in [6, 6.07) is 5.82. The molecule has 1 heterocycles. The van der Waals surface area contributed by atoms with Crippen molar-refractivity contribution in [2.45, 2.75) is 25.7 Å². The highest BCUT2D eigenvalue weighted by molar-refractivity contribution is 5.72. The Morgan fingerprint density at radius 3 is 3.00 bits per heavy atom. The van der Waals surface area contributed by atoms with Gasteiger partial charge >= 0.3 is 5.76 Å². The van der Waals surface area contributed by atoms with Crippen LogP contribution >= 0.6 is 0 Å². The average molecular weight is 204 g/mol. The molecule has 1 aromatic heterocycles. The molecule has 15 heavy (non-hydrogen) atoms. The van der Waals surface area contributed by atoms with Gasteiger partial charge in [0.2, 0.25) is 0 Å². The van der Waals surface area contributed by atoms with Crippen LogP contribution in [-0.4, -0.2) is 4.98 Å². The lowest BCUT2D eigenvalue weighted by Gasteiger charge is -1.99. The van der Waals surface area contributed by atoms with Gasteiger partial charge in [0.05, 0.1) is 5.52 Å². The Kier molecular flexibility index (Phi) is 2.90.